The zero-order valence-electron chi connectivity index (χ0n) is 36.8. The zero-order chi connectivity index (χ0) is 44.5. The Labute approximate surface area is 368 Å². The number of benzene rings is 2. The van der Waals surface area contributed by atoms with Crippen LogP contribution in [0.2, 0.25) is 0 Å². The largest absolute Gasteiger partial charge is 0.481 e. The number of carboxylic acid groups (broad SMARTS) is 2. The number of hydrogen-bond donors (Lipinski definition) is 5. The first-order chi connectivity index (χ1) is 30.3. The Balaban J connectivity index is 1.04. The Morgan fingerprint density at radius 2 is 0.968 bits per heavy atom. The quantitative estimate of drug-likeness (QED) is 0.0408. The molecule has 0 spiro atoms. The number of fused-ring (bicyclic) bond motifs is 3. The van der Waals surface area contributed by atoms with Gasteiger partial charge in [-0.1, -0.05) is 126 Å². The molecule has 2 aromatic rings. The second-order valence-corrected chi connectivity index (χ2v) is 16.0. The fraction of sp³-hybridized carbons (Fsp3) is 0.646. The number of carbonyl (C=O) groups is 5. The lowest BCUT2D eigenvalue weighted by molar-refractivity contribution is -0.142. The molecular formula is C48H73N3O11. The predicted octanol–water partition coefficient (Wildman–Crippen LogP) is 8.15. The Kier molecular flexibility index (Phi) is 27.7. The number of carboxylic acids is 2. The van der Waals surface area contributed by atoms with E-state index in [1.165, 1.54) is 67.2 Å². The van der Waals surface area contributed by atoms with Crippen molar-refractivity contribution < 1.29 is 53.1 Å². The highest BCUT2D eigenvalue weighted by Gasteiger charge is 2.29. The topological polar surface area (TPSA) is 199 Å². The Morgan fingerprint density at radius 3 is 1.47 bits per heavy atom. The number of nitrogens with one attached hydrogen (secondary N) is 3. The molecule has 3 amide bonds. The van der Waals surface area contributed by atoms with Gasteiger partial charge >= 0.3 is 18.0 Å². The van der Waals surface area contributed by atoms with Crippen molar-refractivity contribution in [3.63, 3.8) is 0 Å². The third-order valence-electron chi connectivity index (χ3n) is 10.9. The van der Waals surface area contributed by atoms with Gasteiger partial charge in [-0.3, -0.25) is 14.4 Å². The summed E-state index contributed by atoms with van der Waals surface area (Å²) in [7, 11) is 0. The molecule has 0 fully saturated rings. The molecule has 1 atom stereocenters. The number of alkyl carbamates (subject to hydrolysis) is 1. The maximum absolute atomic E-state index is 12.4. The molecule has 14 nitrogen and oxygen atoms in total. The lowest BCUT2D eigenvalue weighted by atomic mass is 9.98. The second kappa shape index (κ2) is 33.1. The lowest BCUT2D eigenvalue weighted by Gasteiger charge is -2.14. The van der Waals surface area contributed by atoms with Crippen molar-refractivity contribution in [1.82, 2.24) is 16.0 Å². The minimum atomic E-state index is -1.15. The zero-order valence-corrected chi connectivity index (χ0v) is 36.8. The summed E-state index contributed by atoms with van der Waals surface area (Å²) in [4.78, 5) is 59.1. The van der Waals surface area contributed by atoms with Gasteiger partial charge in [0.25, 0.3) is 0 Å². The molecule has 5 N–H and O–H groups in total. The first-order valence-electron chi connectivity index (χ1n) is 23.1. The molecule has 0 unspecified atom stereocenters. The van der Waals surface area contributed by atoms with Crippen molar-refractivity contribution in [3.05, 3.63) is 59.7 Å². The van der Waals surface area contributed by atoms with E-state index in [-0.39, 0.29) is 50.0 Å². The summed E-state index contributed by atoms with van der Waals surface area (Å²) in [5.74, 6) is -2.40. The summed E-state index contributed by atoms with van der Waals surface area (Å²) in [5.41, 5.74) is 4.73. The lowest BCUT2D eigenvalue weighted by Crippen LogP contribution is -2.41. The number of hydrogen-bond acceptors (Lipinski definition) is 9. The predicted molar refractivity (Wildman–Crippen MR) is 238 cm³/mol. The van der Waals surface area contributed by atoms with Crippen LogP contribution in [0.4, 0.5) is 4.79 Å². The number of amides is 3. The van der Waals surface area contributed by atoms with E-state index < -0.39 is 24.1 Å². The second-order valence-electron chi connectivity index (χ2n) is 16.0. The SMILES string of the molecule is O=C(O)CCCCCCCCCCCCCCCCC(=O)N[C@@H](CCC(=O)NCCCOCCOCCOCCCNC(=O)OCC1c2ccccc2-c2ccccc21)C(=O)O. The van der Waals surface area contributed by atoms with Crippen molar-refractivity contribution in [3.8, 4) is 11.1 Å². The summed E-state index contributed by atoms with van der Waals surface area (Å²) >= 11 is 0. The average Bonchev–Trinajstić information content (AvgIpc) is 3.58. The number of unbranched alkanes of at least 4 members (excludes halogenated alkanes) is 13. The van der Waals surface area contributed by atoms with Crippen LogP contribution in [0.25, 0.3) is 11.1 Å². The van der Waals surface area contributed by atoms with E-state index >= 15 is 0 Å². The molecule has 0 aliphatic heterocycles. The standard InChI is InChI=1S/C48H73N3O11/c52-44(28-27-43(47(56)57)51-45(53)25-13-11-9-7-5-3-1-2-4-6-8-10-12-14-26-46(54)55)49-29-19-31-59-33-35-61-36-34-60-32-20-30-50-48(58)62-37-42-40-23-17-15-21-38(40)39-22-16-18-24-41(39)42/h15-18,21-24,42-43H,1-14,19-20,25-37H2,(H,49,52)(H,50,58)(H,51,53)(H,54,55)(H,56,57)/t43-/m0/s1. The van der Waals surface area contributed by atoms with Crippen LogP contribution >= 0.6 is 0 Å². The number of rotatable bonds is 38. The monoisotopic (exact) mass is 868 g/mol. The Bertz CT molecular complexity index is 1540. The van der Waals surface area contributed by atoms with Gasteiger partial charge in [0.05, 0.1) is 26.4 Å². The molecule has 0 bridgehead atoms. The van der Waals surface area contributed by atoms with Crippen LogP contribution < -0.4 is 16.0 Å². The van der Waals surface area contributed by atoms with Gasteiger partial charge in [-0.15, -0.1) is 0 Å². The number of carbonyl (C=O) groups excluding carboxylic acids is 3. The van der Waals surface area contributed by atoms with Crippen LogP contribution in [0.1, 0.15) is 145 Å². The summed E-state index contributed by atoms with van der Waals surface area (Å²) in [5, 5.41) is 26.3. The van der Waals surface area contributed by atoms with Crippen molar-refractivity contribution >= 4 is 29.8 Å². The van der Waals surface area contributed by atoms with E-state index in [2.05, 4.69) is 40.2 Å². The van der Waals surface area contributed by atoms with E-state index in [9.17, 15) is 29.1 Å². The molecule has 1 aliphatic carbocycles. The van der Waals surface area contributed by atoms with Crippen LogP contribution in [-0.4, -0.2) is 105 Å². The highest BCUT2D eigenvalue weighted by molar-refractivity contribution is 5.84. The highest BCUT2D eigenvalue weighted by Crippen LogP contribution is 2.44. The molecule has 0 heterocycles. The van der Waals surface area contributed by atoms with Gasteiger partial charge in [0.1, 0.15) is 12.6 Å². The van der Waals surface area contributed by atoms with E-state index in [1.807, 2.05) is 24.3 Å². The molecule has 0 radical (unpaired) electrons. The van der Waals surface area contributed by atoms with Gasteiger partial charge in [0.2, 0.25) is 11.8 Å². The van der Waals surface area contributed by atoms with Crippen molar-refractivity contribution in [2.24, 2.45) is 0 Å². The van der Waals surface area contributed by atoms with Crippen molar-refractivity contribution in [2.45, 2.75) is 140 Å². The summed E-state index contributed by atoms with van der Waals surface area (Å²) in [6.07, 6.45) is 16.6. The first kappa shape index (κ1) is 51.8. The molecule has 2 aromatic carbocycles. The van der Waals surface area contributed by atoms with Gasteiger partial charge in [-0.2, -0.15) is 0 Å². The van der Waals surface area contributed by atoms with Gasteiger partial charge in [-0.25, -0.2) is 9.59 Å². The molecule has 14 heteroatoms. The molecular weight excluding hydrogens is 795 g/mol. The molecule has 1 aliphatic rings. The molecule has 346 valence electrons. The fourth-order valence-electron chi connectivity index (χ4n) is 7.53. The third kappa shape index (κ3) is 23.1. The maximum atomic E-state index is 12.4. The molecule has 62 heavy (non-hydrogen) atoms. The van der Waals surface area contributed by atoms with Gasteiger partial charge in [0.15, 0.2) is 0 Å². The number of aliphatic carboxylic acids is 2. The summed E-state index contributed by atoms with van der Waals surface area (Å²) in [6.45, 7) is 3.69. The summed E-state index contributed by atoms with van der Waals surface area (Å²) < 4.78 is 22.2. The first-order valence-corrected chi connectivity index (χ1v) is 23.1. The minimum absolute atomic E-state index is 0.00228. The van der Waals surface area contributed by atoms with E-state index in [0.717, 1.165) is 38.5 Å². The fourth-order valence-corrected chi connectivity index (χ4v) is 7.53. The molecule has 0 aromatic heterocycles. The third-order valence-corrected chi connectivity index (χ3v) is 10.9. The van der Waals surface area contributed by atoms with Crippen LogP contribution in [0, 0.1) is 0 Å². The van der Waals surface area contributed by atoms with Crippen LogP contribution in [0.15, 0.2) is 48.5 Å². The van der Waals surface area contributed by atoms with E-state index in [4.69, 9.17) is 24.1 Å². The Morgan fingerprint density at radius 1 is 0.516 bits per heavy atom. The van der Waals surface area contributed by atoms with E-state index in [0.29, 0.717) is 72.0 Å². The normalized spacial score (nSPS) is 12.3. The smallest absolute Gasteiger partial charge is 0.407 e. The molecule has 0 saturated carbocycles. The maximum Gasteiger partial charge on any atom is 0.407 e. The minimum Gasteiger partial charge on any atom is -0.481 e. The van der Waals surface area contributed by atoms with Crippen LogP contribution in [-0.2, 0) is 38.1 Å². The van der Waals surface area contributed by atoms with E-state index in [1.54, 1.807) is 0 Å². The highest BCUT2D eigenvalue weighted by atomic mass is 16.6. The van der Waals surface area contributed by atoms with Gasteiger partial charge < -0.3 is 45.1 Å². The Hall–Kier alpha value is -4.53. The van der Waals surface area contributed by atoms with Crippen LogP contribution in [0.5, 0.6) is 0 Å². The van der Waals surface area contributed by atoms with Gasteiger partial charge in [-0.05, 0) is 54.4 Å². The number of ether oxygens (including phenoxy) is 4. The van der Waals surface area contributed by atoms with Crippen molar-refractivity contribution in [1.29, 1.82) is 0 Å². The molecule has 3 rings (SSSR count). The van der Waals surface area contributed by atoms with Crippen LogP contribution in [0.3, 0.4) is 0 Å². The molecule has 0 saturated heterocycles. The average molecular weight is 868 g/mol. The van der Waals surface area contributed by atoms with Crippen molar-refractivity contribution in [2.75, 3.05) is 59.3 Å². The van der Waals surface area contributed by atoms with Gasteiger partial charge in [0, 0.05) is 51.5 Å². The summed E-state index contributed by atoms with van der Waals surface area (Å²) in [6, 6.07) is 15.4.